The Morgan fingerprint density at radius 2 is 1.71 bits per heavy atom. The molecule has 2 aromatic carbocycles. The van der Waals surface area contributed by atoms with Crippen LogP contribution >= 0.6 is 0 Å². The number of hydrogen-bond acceptors (Lipinski definition) is 4. The lowest BCUT2D eigenvalue weighted by atomic mass is 9.88. The Kier molecular flexibility index (Phi) is 5.89. The summed E-state index contributed by atoms with van der Waals surface area (Å²) >= 11 is 0. The highest BCUT2D eigenvalue weighted by atomic mass is 16.4. The van der Waals surface area contributed by atoms with Crippen molar-refractivity contribution in [2.24, 2.45) is 5.92 Å². The molecule has 2 aliphatic heterocycles. The van der Waals surface area contributed by atoms with E-state index in [4.69, 9.17) is 0 Å². The van der Waals surface area contributed by atoms with Crippen LogP contribution in [0.2, 0.25) is 0 Å². The summed E-state index contributed by atoms with van der Waals surface area (Å²) in [5.41, 5.74) is 3.13. The fourth-order valence-corrected chi connectivity index (χ4v) is 4.45. The van der Waals surface area contributed by atoms with Crippen LogP contribution in [-0.2, 0) is 9.59 Å². The van der Waals surface area contributed by atoms with Crippen LogP contribution in [0.25, 0.3) is 5.70 Å². The first-order valence-electron chi connectivity index (χ1n) is 10.6. The predicted molar refractivity (Wildman–Crippen MR) is 117 cm³/mol. The second kappa shape index (κ2) is 8.76. The van der Waals surface area contributed by atoms with Gasteiger partial charge >= 0.3 is 5.97 Å². The van der Waals surface area contributed by atoms with E-state index < -0.39 is 17.8 Å². The minimum Gasteiger partial charge on any atom is -0.478 e. The Balaban J connectivity index is 1.39. The SMILES string of the molecule is CC1NC(c2ccccc2)=CC1C(=O)C(=O)N1CCC(c2cccc(C(=O)O)c2)CC1. The third kappa shape index (κ3) is 4.38. The van der Waals surface area contributed by atoms with Gasteiger partial charge in [0.15, 0.2) is 0 Å². The van der Waals surface area contributed by atoms with Gasteiger partial charge in [0.05, 0.1) is 11.5 Å². The largest absolute Gasteiger partial charge is 0.478 e. The van der Waals surface area contributed by atoms with Crippen LogP contribution in [0.1, 0.15) is 47.2 Å². The Morgan fingerprint density at radius 1 is 1.00 bits per heavy atom. The first kappa shape index (κ1) is 20.8. The summed E-state index contributed by atoms with van der Waals surface area (Å²) in [6.45, 7) is 2.91. The molecule has 1 amide bonds. The zero-order chi connectivity index (χ0) is 22.0. The number of piperidine rings is 1. The quantitative estimate of drug-likeness (QED) is 0.728. The number of Topliss-reactive ketones (excluding diaryl/α,β-unsaturated/α-hetero) is 1. The van der Waals surface area contributed by atoms with Crippen LogP contribution < -0.4 is 5.32 Å². The molecule has 2 unspecified atom stereocenters. The number of carboxylic acid groups (broad SMARTS) is 1. The molecule has 1 saturated heterocycles. The van der Waals surface area contributed by atoms with E-state index in [2.05, 4.69) is 5.32 Å². The van der Waals surface area contributed by atoms with E-state index in [9.17, 15) is 19.5 Å². The van der Waals surface area contributed by atoms with Gasteiger partial charge in [0, 0.05) is 24.8 Å². The number of aromatic carboxylic acids is 1. The molecule has 31 heavy (non-hydrogen) atoms. The molecule has 4 rings (SSSR count). The van der Waals surface area contributed by atoms with Crippen molar-refractivity contribution in [2.45, 2.75) is 31.7 Å². The molecule has 0 spiro atoms. The first-order chi connectivity index (χ1) is 14.9. The standard InChI is InChI=1S/C25H26N2O4/c1-16-21(15-22(26-16)18-6-3-2-4-7-18)23(28)24(29)27-12-10-17(11-13-27)19-8-5-9-20(14-19)25(30)31/h2-9,14-17,21,26H,10-13H2,1H3,(H,30,31). The number of likely N-dealkylation sites (tertiary alicyclic amines) is 1. The predicted octanol–water partition coefficient (Wildman–Crippen LogP) is 3.31. The number of nitrogens with zero attached hydrogens (tertiary/aromatic N) is 1. The van der Waals surface area contributed by atoms with Crippen molar-refractivity contribution in [1.82, 2.24) is 10.2 Å². The second-order valence-electron chi connectivity index (χ2n) is 8.27. The van der Waals surface area contributed by atoms with E-state index in [0.717, 1.165) is 16.8 Å². The normalized spacial score (nSPS) is 21.3. The van der Waals surface area contributed by atoms with Gasteiger partial charge in [-0.1, -0.05) is 42.5 Å². The maximum Gasteiger partial charge on any atom is 0.335 e. The fourth-order valence-electron chi connectivity index (χ4n) is 4.45. The van der Waals surface area contributed by atoms with E-state index in [1.165, 1.54) is 0 Å². The van der Waals surface area contributed by atoms with Gasteiger partial charge in [0.2, 0.25) is 5.78 Å². The lowest BCUT2D eigenvalue weighted by Crippen LogP contribution is -2.45. The summed E-state index contributed by atoms with van der Waals surface area (Å²) in [6, 6.07) is 16.6. The average Bonchev–Trinajstić information content (AvgIpc) is 3.20. The Morgan fingerprint density at radius 3 is 2.39 bits per heavy atom. The van der Waals surface area contributed by atoms with Crippen molar-refractivity contribution < 1.29 is 19.5 Å². The van der Waals surface area contributed by atoms with Crippen LogP contribution in [0.4, 0.5) is 0 Å². The van der Waals surface area contributed by atoms with E-state index in [-0.39, 0.29) is 23.3 Å². The molecular formula is C25H26N2O4. The lowest BCUT2D eigenvalue weighted by Gasteiger charge is -2.32. The molecule has 2 atom stereocenters. The van der Waals surface area contributed by atoms with Crippen molar-refractivity contribution >= 4 is 23.4 Å². The summed E-state index contributed by atoms with van der Waals surface area (Å²) in [6.07, 6.45) is 3.29. The number of amides is 1. The zero-order valence-electron chi connectivity index (χ0n) is 17.5. The molecule has 2 aromatic rings. The molecule has 0 saturated carbocycles. The van der Waals surface area contributed by atoms with Crippen molar-refractivity contribution in [3.05, 3.63) is 77.4 Å². The molecule has 6 heteroatoms. The smallest absolute Gasteiger partial charge is 0.335 e. The van der Waals surface area contributed by atoms with E-state index >= 15 is 0 Å². The number of benzene rings is 2. The highest BCUT2D eigenvalue weighted by Crippen LogP contribution is 2.30. The molecule has 0 bridgehead atoms. The van der Waals surface area contributed by atoms with Gasteiger partial charge in [-0.05, 0) is 55.0 Å². The molecule has 6 nitrogen and oxygen atoms in total. The minimum absolute atomic E-state index is 0.136. The van der Waals surface area contributed by atoms with Gasteiger partial charge < -0.3 is 15.3 Å². The maximum atomic E-state index is 13.0. The van der Waals surface area contributed by atoms with Crippen molar-refractivity contribution in [1.29, 1.82) is 0 Å². The molecule has 0 radical (unpaired) electrons. The van der Waals surface area contributed by atoms with Crippen LogP contribution in [0.15, 0.2) is 60.7 Å². The second-order valence-corrected chi connectivity index (χ2v) is 8.27. The van der Waals surface area contributed by atoms with Crippen LogP contribution in [0.5, 0.6) is 0 Å². The van der Waals surface area contributed by atoms with Crippen LogP contribution in [-0.4, -0.2) is 46.8 Å². The van der Waals surface area contributed by atoms with Crippen molar-refractivity contribution in [3.8, 4) is 0 Å². The molecule has 0 aromatic heterocycles. The third-order valence-corrected chi connectivity index (χ3v) is 6.25. The zero-order valence-corrected chi connectivity index (χ0v) is 17.5. The van der Waals surface area contributed by atoms with Gasteiger partial charge in [-0.3, -0.25) is 9.59 Å². The first-order valence-corrected chi connectivity index (χ1v) is 10.6. The fraction of sp³-hybridized carbons (Fsp3) is 0.320. The van der Waals surface area contributed by atoms with Gasteiger partial charge in [0.25, 0.3) is 5.91 Å². The molecule has 2 N–H and O–H groups in total. The maximum absolute atomic E-state index is 13.0. The molecular weight excluding hydrogens is 392 g/mol. The lowest BCUT2D eigenvalue weighted by molar-refractivity contribution is -0.146. The highest BCUT2D eigenvalue weighted by molar-refractivity contribution is 6.37. The number of nitrogens with one attached hydrogen (secondary N) is 1. The summed E-state index contributed by atoms with van der Waals surface area (Å²) in [4.78, 5) is 38.7. The molecule has 160 valence electrons. The summed E-state index contributed by atoms with van der Waals surface area (Å²) in [5, 5.41) is 12.5. The van der Waals surface area contributed by atoms with Gasteiger partial charge in [-0.25, -0.2) is 4.79 Å². The number of carbonyl (C=O) groups excluding carboxylic acids is 2. The topological polar surface area (TPSA) is 86.7 Å². The molecule has 2 aliphatic rings. The number of hydrogen-bond donors (Lipinski definition) is 2. The van der Waals surface area contributed by atoms with E-state index in [1.54, 1.807) is 23.1 Å². The average molecular weight is 418 g/mol. The minimum atomic E-state index is -0.942. The Hall–Kier alpha value is -3.41. The van der Waals surface area contributed by atoms with Crippen LogP contribution in [0.3, 0.4) is 0 Å². The van der Waals surface area contributed by atoms with Gasteiger partial charge in [-0.2, -0.15) is 0 Å². The summed E-state index contributed by atoms with van der Waals surface area (Å²) in [7, 11) is 0. The molecule has 1 fully saturated rings. The number of rotatable bonds is 5. The van der Waals surface area contributed by atoms with Gasteiger partial charge in [-0.15, -0.1) is 0 Å². The van der Waals surface area contributed by atoms with Crippen molar-refractivity contribution in [2.75, 3.05) is 13.1 Å². The van der Waals surface area contributed by atoms with E-state index in [0.29, 0.717) is 25.9 Å². The number of carbonyl (C=O) groups is 3. The molecule has 2 heterocycles. The monoisotopic (exact) mass is 418 g/mol. The summed E-state index contributed by atoms with van der Waals surface area (Å²) in [5.74, 6) is -2.04. The third-order valence-electron chi connectivity index (χ3n) is 6.25. The van der Waals surface area contributed by atoms with E-state index in [1.807, 2.05) is 49.4 Å². The Bertz CT molecular complexity index is 1020. The van der Waals surface area contributed by atoms with Crippen molar-refractivity contribution in [3.63, 3.8) is 0 Å². The Labute approximate surface area is 181 Å². The highest BCUT2D eigenvalue weighted by Gasteiger charge is 2.36. The summed E-state index contributed by atoms with van der Waals surface area (Å²) < 4.78 is 0. The van der Waals surface area contributed by atoms with Gasteiger partial charge in [0.1, 0.15) is 0 Å². The molecule has 0 aliphatic carbocycles. The number of ketones is 1. The number of carboxylic acids is 1. The van der Waals surface area contributed by atoms with Crippen LogP contribution in [0, 0.1) is 5.92 Å².